The maximum atomic E-state index is 9.75. The summed E-state index contributed by atoms with van der Waals surface area (Å²) in [5, 5.41) is 9.75. The van der Waals surface area contributed by atoms with Crippen molar-refractivity contribution < 1.29 is 19.1 Å². The van der Waals surface area contributed by atoms with Gasteiger partial charge in [-0.3, -0.25) is 0 Å². The molecule has 1 heterocycles. The lowest BCUT2D eigenvalue weighted by Gasteiger charge is -2.40. The van der Waals surface area contributed by atoms with Gasteiger partial charge < -0.3 is 19.1 Å². The SMILES string of the molecule is CCC(C)C1CC(C(C)C)OCC(CO)(COP)CO1. The van der Waals surface area contributed by atoms with E-state index in [0.29, 0.717) is 31.7 Å². The molecule has 20 heavy (non-hydrogen) atoms. The Kier molecular flexibility index (Phi) is 7.92. The molecule has 0 aromatic heterocycles. The van der Waals surface area contributed by atoms with Gasteiger partial charge in [-0.1, -0.05) is 34.1 Å². The summed E-state index contributed by atoms with van der Waals surface area (Å²) in [6, 6.07) is 0. The van der Waals surface area contributed by atoms with E-state index in [1.165, 1.54) is 0 Å². The van der Waals surface area contributed by atoms with Crippen LogP contribution in [0.3, 0.4) is 0 Å². The third-order valence-electron chi connectivity index (χ3n) is 4.42. The Bertz CT molecular complexity index is 275. The Balaban J connectivity index is 2.84. The van der Waals surface area contributed by atoms with E-state index in [-0.39, 0.29) is 18.8 Å². The van der Waals surface area contributed by atoms with Crippen LogP contribution in [0.2, 0.25) is 0 Å². The third-order valence-corrected chi connectivity index (χ3v) is 4.59. The molecular weight excluding hydrogens is 275 g/mol. The Morgan fingerprint density at radius 3 is 2.30 bits per heavy atom. The average molecular weight is 306 g/mol. The first kappa shape index (κ1) is 18.3. The van der Waals surface area contributed by atoms with Crippen LogP contribution in [0.5, 0.6) is 0 Å². The first-order chi connectivity index (χ1) is 9.48. The predicted octanol–water partition coefficient (Wildman–Crippen LogP) is 2.65. The van der Waals surface area contributed by atoms with Crippen LogP contribution in [0.4, 0.5) is 0 Å². The van der Waals surface area contributed by atoms with Gasteiger partial charge in [-0.15, -0.1) is 0 Å². The molecule has 1 N–H and O–H groups in total. The summed E-state index contributed by atoms with van der Waals surface area (Å²) < 4.78 is 17.4. The van der Waals surface area contributed by atoms with Crippen LogP contribution < -0.4 is 0 Å². The van der Waals surface area contributed by atoms with Gasteiger partial charge in [-0.2, -0.15) is 0 Å². The van der Waals surface area contributed by atoms with Crippen molar-refractivity contribution in [3.8, 4) is 0 Å². The van der Waals surface area contributed by atoms with Gasteiger partial charge in [0.15, 0.2) is 0 Å². The minimum Gasteiger partial charge on any atom is -0.396 e. The minimum atomic E-state index is -0.457. The lowest BCUT2D eigenvalue weighted by atomic mass is 9.88. The van der Waals surface area contributed by atoms with Crippen LogP contribution in [-0.2, 0) is 14.0 Å². The molecule has 1 saturated heterocycles. The zero-order valence-electron chi connectivity index (χ0n) is 13.3. The molecule has 1 rings (SSSR count). The summed E-state index contributed by atoms with van der Waals surface area (Å²) in [7, 11) is 2.25. The number of ether oxygens (including phenoxy) is 2. The highest BCUT2D eigenvalue weighted by Crippen LogP contribution is 2.30. The molecule has 0 aromatic rings. The quantitative estimate of drug-likeness (QED) is 0.766. The summed E-state index contributed by atoms with van der Waals surface area (Å²) in [6.45, 7) is 10.1. The van der Waals surface area contributed by atoms with Crippen molar-refractivity contribution in [1.29, 1.82) is 0 Å². The molecule has 120 valence electrons. The first-order valence-corrected chi connectivity index (χ1v) is 8.11. The number of rotatable bonds is 6. The van der Waals surface area contributed by atoms with Crippen LogP contribution in [-0.4, -0.2) is 43.7 Å². The van der Waals surface area contributed by atoms with Gasteiger partial charge in [0.2, 0.25) is 0 Å². The Morgan fingerprint density at radius 1 is 1.25 bits per heavy atom. The van der Waals surface area contributed by atoms with E-state index in [0.717, 1.165) is 12.8 Å². The molecule has 0 aromatic carbocycles. The molecule has 1 aliphatic heterocycles. The highest BCUT2D eigenvalue weighted by Gasteiger charge is 2.37. The zero-order chi connectivity index (χ0) is 15.2. The highest BCUT2D eigenvalue weighted by atomic mass is 31.0. The highest BCUT2D eigenvalue weighted by molar-refractivity contribution is 7.09. The molecular formula is C15H31O4P. The van der Waals surface area contributed by atoms with Gasteiger partial charge in [0.1, 0.15) is 0 Å². The molecule has 4 nitrogen and oxygen atoms in total. The van der Waals surface area contributed by atoms with Crippen molar-refractivity contribution in [2.45, 2.75) is 52.7 Å². The summed E-state index contributed by atoms with van der Waals surface area (Å²) in [4.78, 5) is 0. The fourth-order valence-electron chi connectivity index (χ4n) is 2.50. The molecule has 5 atom stereocenters. The topological polar surface area (TPSA) is 47.9 Å². The van der Waals surface area contributed by atoms with Crippen LogP contribution in [0.1, 0.15) is 40.5 Å². The second-order valence-corrected chi connectivity index (χ2v) is 6.87. The van der Waals surface area contributed by atoms with Gasteiger partial charge in [-0.05, 0) is 11.8 Å². The molecule has 5 unspecified atom stereocenters. The molecule has 0 bridgehead atoms. The molecule has 0 spiro atoms. The van der Waals surface area contributed by atoms with Crippen molar-refractivity contribution in [1.82, 2.24) is 0 Å². The van der Waals surface area contributed by atoms with Gasteiger partial charge in [0.05, 0.1) is 44.1 Å². The maximum Gasteiger partial charge on any atom is 0.0638 e. The molecule has 1 fully saturated rings. The van der Waals surface area contributed by atoms with E-state index >= 15 is 0 Å². The minimum absolute atomic E-state index is 0.0133. The lowest BCUT2D eigenvalue weighted by Crippen LogP contribution is -2.46. The average Bonchev–Trinajstić information content (AvgIpc) is 2.41. The second kappa shape index (κ2) is 8.65. The van der Waals surface area contributed by atoms with Crippen molar-refractivity contribution in [2.24, 2.45) is 17.3 Å². The lowest BCUT2D eigenvalue weighted by molar-refractivity contribution is -0.157. The number of hydrogen-bond acceptors (Lipinski definition) is 4. The second-order valence-electron chi connectivity index (χ2n) is 6.53. The fourth-order valence-corrected chi connectivity index (χ4v) is 2.85. The summed E-state index contributed by atoms with van der Waals surface area (Å²) in [5.41, 5.74) is -0.457. The Labute approximate surface area is 125 Å². The standard InChI is InChI=1S/C15H31O4P/c1-5-12(4)14-6-13(11(2)3)17-8-15(7-16,9-18-14)10-19-20/h11-14,16H,5-10,20H2,1-4H3. The van der Waals surface area contributed by atoms with E-state index in [9.17, 15) is 5.11 Å². The van der Waals surface area contributed by atoms with Crippen LogP contribution >= 0.6 is 9.47 Å². The Morgan fingerprint density at radius 2 is 1.85 bits per heavy atom. The van der Waals surface area contributed by atoms with Crippen LogP contribution in [0, 0.1) is 17.3 Å². The molecule has 0 aliphatic carbocycles. The summed E-state index contributed by atoms with van der Waals surface area (Å²) >= 11 is 0. The van der Waals surface area contributed by atoms with Crippen LogP contribution in [0.25, 0.3) is 0 Å². The van der Waals surface area contributed by atoms with E-state index in [1.54, 1.807) is 0 Å². The van der Waals surface area contributed by atoms with Crippen LogP contribution in [0.15, 0.2) is 0 Å². The van der Waals surface area contributed by atoms with Crippen molar-refractivity contribution >= 4 is 9.47 Å². The van der Waals surface area contributed by atoms with Crippen molar-refractivity contribution in [3.05, 3.63) is 0 Å². The molecule has 1 aliphatic rings. The first-order valence-electron chi connectivity index (χ1n) is 7.63. The predicted molar refractivity (Wildman–Crippen MR) is 83.6 cm³/mol. The monoisotopic (exact) mass is 306 g/mol. The Hall–Kier alpha value is 0.270. The summed E-state index contributed by atoms with van der Waals surface area (Å²) in [5.74, 6) is 0.933. The largest absolute Gasteiger partial charge is 0.396 e. The van der Waals surface area contributed by atoms with Gasteiger partial charge in [0.25, 0.3) is 0 Å². The van der Waals surface area contributed by atoms with E-state index in [2.05, 4.69) is 37.2 Å². The molecule has 0 amide bonds. The van der Waals surface area contributed by atoms with Gasteiger partial charge in [0, 0.05) is 15.9 Å². The van der Waals surface area contributed by atoms with Crippen molar-refractivity contribution in [3.63, 3.8) is 0 Å². The normalized spacial score (nSPS) is 33.8. The number of aliphatic hydroxyl groups excluding tert-OH is 1. The van der Waals surface area contributed by atoms with E-state index < -0.39 is 5.41 Å². The maximum absolute atomic E-state index is 9.75. The summed E-state index contributed by atoms with van der Waals surface area (Å²) in [6.07, 6.45) is 2.37. The molecule has 5 heteroatoms. The zero-order valence-corrected chi connectivity index (χ0v) is 14.5. The number of hydrogen-bond donors (Lipinski definition) is 1. The molecule has 0 radical (unpaired) electrons. The van der Waals surface area contributed by atoms with Gasteiger partial charge in [-0.25, -0.2) is 0 Å². The molecule has 0 saturated carbocycles. The van der Waals surface area contributed by atoms with Crippen molar-refractivity contribution in [2.75, 3.05) is 26.4 Å². The number of aliphatic hydroxyl groups is 1. The smallest absolute Gasteiger partial charge is 0.0638 e. The van der Waals surface area contributed by atoms with E-state index in [1.807, 2.05) is 0 Å². The van der Waals surface area contributed by atoms with Gasteiger partial charge >= 0.3 is 0 Å². The van der Waals surface area contributed by atoms with E-state index in [4.69, 9.17) is 14.0 Å². The third kappa shape index (κ3) is 4.92. The fraction of sp³-hybridized carbons (Fsp3) is 1.00.